The van der Waals surface area contributed by atoms with Crippen LogP contribution in [-0.4, -0.2) is 23.2 Å². The highest BCUT2D eigenvalue weighted by Gasteiger charge is 2.27. The standard InChI is InChI=1S/C25H32N4O2/c1-4-16(3)27-25(30)28-18-11-9-17(10-12-18)24-23(26)21-14-13-20(31-5-2)15-22(21)29(24)19-7-6-8-19/h9-16,19H,4-8,26H2,1-3H3,(H2,27,28,30). The molecule has 0 radical (unpaired) electrons. The zero-order valence-electron chi connectivity index (χ0n) is 18.6. The zero-order chi connectivity index (χ0) is 22.0. The van der Waals surface area contributed by atoms with Crippen LogP contribution in [0.4, 0.5) is 16.2 Å². The number of ether oxygens (including phenoxy) is 1. The average Bonchev–Trinajstić information content (AvgIpc) is 2.99. The molecule has 4 N–H and O–H groups in total. The number of carbonyl (C=O) groups is 1. The molecular weight excluding hydrogens is 388 g/mol. The van der Waals surface area contributed by atoms with E-state index in [1.54, 1.807) is 0 Å². The Morgan fingerprint density at radius 3 is 2.55 bits per heavy atom. The first-order valence-electron chi connectivity index (χ1n) is 11.3. The Labute approximate surface area is 183 Å². The summed E-state index contributed by atoms with van der Waals surface area (Å²) in [4.78, 5) is 12.1. The van der Waals surface area contributed by atoms with Gasteiger partial charge >= 0.3 is 6.03 Å². The van der Waals surface area contributed by atoms with E-state index in [0.717, 1.165) is 58.5 Å². The Morgan fingerprint density at radius 2 is 1.94 bits per heavy atom. The van der Waals surface area contributed by atoms with Gasteiger partial charge in [-0.2, -0.15) is 0 Å². The lowest BCUT2D eigenvalue weighted by atomic mass is 9.92. The van der Waals surface area contributed by atoms with Gasteiger partial charge in [-0.15, -0.1) is 0 Å². The fourth-order valence-electron chi connectivity index (χ4n) is 4.10. The predicted octanol–water partition coefficient (Wildman–Crippen LogP) is 5.93. The molecule has 1 aromatic heterocycles. The van der Waals surface area contributed by atoms with E-state index in [2.05, 4.69) is 27.3 Å². The molecule has 0 spiro atoms. The van der Waals surface area contributed by atoms with Gasteiger partial charge in [-0.05, 0) is 63.8 Å². The van der Waals surface area contributed by atoms with Gasteiger partial charge in [0.2, 0.25) is 0 Å². The molecule has 6 heteroatoms. The minimum absolute atomic E-state index is 0.138. The third-order valence-electron chi connectivity index (χ3n) is 6.17. The van der Waals surface area contributed by atoms with Crippen molar-refractivity contribution < 1.29 is 9.53 Å². The van der Waals surface area contributed by atoms with Gasteiger partial charge in [-0.1, -0.05) is 19.1 Å². The number of nitrogens with zero attached hydrogens (tertiary/aromatic N) is 1. The molecule has 3 aromatic rings. The summed E-state index contributed by atoms with van der Waals surface area (Å²) in [7, 11) is 0. The lowest BCUT2D eigenvalue weighted by Gasteiger charge is -2.30. The second-order valence-electron chi connectivity index (χ2n) is 8.31. The van der Waals surface area contributed by atoms with E-state index in [1.807, 2.05) is 51.1 Å². The number of nitrogen functional groups attached to an aromatic ring is 1. The Balaban J connectivity index is 1.68. The number of amides is 2. The molecule has 1 fully saturated rings. The summed E-state index contributed by atoms with van der Waals surface area (Å²) in [6, 6.07) is 14.5. The molecule has 1 atom stereocenters. The average molecular weight is 421 g/mol. The quantitative estimate of drug-likeness (QED) is 0.443. The minimum Gasteiger partial charge on any atom is -0.494 e. The summed E-state index contributed by atoms with van der Waals surface area (Å²) in [5.41, 5.74) is 11.4. The number of anilines is 2. The van der Waals surface area contributed by atoms with Crippen LogP contribution in [0, 0.1) is 0 Å². The molecule has 2 amide bonds. The van der Waals surface area contributed by atoms with Crippen LogP contribution in [0.5, 0.6) is 5.75 Å². The van der Waals surface area contributed by atoms with Gasteiger partial charge in [-0.3, -0.25) is 0 Å². The minimum atomic E-state index is -0.186. The van der Waals surface area contributed by atoms with E-state index in [4.69, 9.17) is 10.5 Å². The second kappa shape index (κ2) is 8.92. The molecule has 1 heterocycles. The predicted molar refractivity (Wildman–Crippen MR) is 128 cm³/mol. The monoisotopic (exact) mass is 420 g/mol. The fourth-order valence-corrected chi connectivity index (χ4v) is 4.10. The molecule has 0 bridgehead atoms. The summed E-state index contributed by atoms with van der Waals surface area (Å²) >= 11 is 0. The molecule has 164 valence electrons. The number of aromatic nitrogens is 1. The second-order valence-corrected chi connectivity index (χ2v) is 8.31. The van der Waals surface area contributed by atoms with Crippen molar-refractivity contribution in [3.05, 3.63) is 42.5 Å². The van der Waals surface area contributed by atoms with Gasteiger partial charge in [-0.25, -0.2) is 4.79 Å². The summed E-state index contributed by atoms with van der Waals surface area (Å²) in [6.07, 6.45) is 4.44. The molecule has 31 heavy (non-hydrogen) atoms. The normalized spacial score (nSPS) is 14.8. The Hall–Kier alpha value is -3.15. The summed E-state index contributed by atoms with van der Waals surface area (Å²) in [5, 5.41) is 6.88. The van der Waals surface area contributed by atoms with Crippen molar-refractivity contribution in [2.45, 2.75) is 58.5 Å². The van der Waals surface area contributed by atoms with Crippen molar-refractivity contribution in [3.63, 3.8) is 0 Å². The highest BCUT2D eigenvalue weighted by atomic mass is 16.5. The molecule has 1 unspecified atom stereocenters. The van der Waals surface area contributed by atoms with Crippen LogP contribution in [0.3, 0.4) is 0 Å². The maximum absolute atomic E-state index is 12.1. The van der Waals surface area contributed by atoms with Crippen molar-refractivity contribution in [1.29, 1.82) is 0 Å². The van der Waals surface area contributed by atoms with Crippen molar-refractivity contribution in [1.82, 2.24) is 9.88 Å². The summed E-state index contributed by atoms with van der Waals surface area (Å²) in [5.74, 6) is 0.867. The largest absolute Gasteiger partial charge is 0.494 e. The van der Waals surface area contributed by atoms with Crippen molar-refractivity contribution in [3.8, 4) is 17.0 Å². The van der Waals surface area contributed by atoms with Crippen LogP contribution in [0.15, 0.2) is 42.5 Å². The zero-order valence-corrected chi connectivity index (χ0v) is 18.6. The van der Waals surface area contributed by atoms with E-state index in [0.29, 0.717) is 12.6 Å². The smallest absolute Gasteiger partial charge is 0.319 e. The Kier molecular flexibility index (Phi) is 6.07. The van der Waals surface area contributed by atoms with Gasteiger partial charge in [0.15, 0.2) is 0 Å². The highest BCUT2D eigenvalue weighted by Crippen LogP contribution is 2.44. The number of benzene rings is 2. The SMILES string of the molecule is CCOc1ccc2c(N)c(-c3ccc(NC(=O)NC(C)CC)cc3)n(C3CCC3)c2c1. The van der Waals surface area contributed by atoms with Gasteiger partial charge in [0.05, 0.1) is 23.5 Å². The molecular formula is C25H32N4O2. The van der Waals surface area contributed by atoms with Gasteiger partial charge in [0.25, 0.3) is 0 Å². The molecule has 1 aliphatic rings. The van der Waals surface area contributed by atoms with E-state index in [9.17, 15) is 4.79 Å². The van der Waals surface area contributed by atoms with Crippen molar-refractivity contribution >= 4 is 28.3 Å². The number of urea groups is 1. The van der Waals surface area contributed by atoms with E-state index in [1.165, 1.54) is 6.42 Å². The van der Waals surface area contributed by atoms with E-state index >= 15 is 0 Å². The van der Waals surface area contributed by atoms with Gasteiger partial charge in [0.1, 0.15) is 5.75 Å². The molecule has 4 rings (SSSR count). The van der Waals surface area contributed by atoms with Crippen LogP contribution < -0.4 is 21.1 Å². The Morgan fingerprint density at radius 1 is 1.19 bits per heavy atom. The topological polar surface area (TPSA) is 81.3 Å². The van der Waals surface area contributed by atoms with Crippen molar-refractivity contribution in [2.24, 2.45) is 0 Å². The third kappa shape index (κ3) is 4.20. The first kappa shape index (κ1) is 21.1. The van der Waals surface area contributed by atoms with Crippen LogP contribution in [0.25, 0.3) is 22.2 Å². The fraction of sp³-hybridized carbons (Fsp3) is 0.400. The number of carbonyl (C=O) groups excluding carboxylic acids is 1. The number of nitrogens with two attached hydrogens (primary N) is 1. The van der Waals surface area contributed by atoms with Gasteiger partial charge in [0, 0.05) is 34.8 Å². The molecule has 6 nitrogen and oxygen atoms in total. The van der Waals surface area contributed by atoms with Gasteiger partial charge < -0.3 is 25.7 Å². The number of hydrogen-bond donors (Lipinski definition) is 3. The molecule has 1 aliphatic carbocycles. The lowest BCUT2D eigenvalue weighted by molar-refractivity contribution is 0.249. The Bertz CT molecular complexity index is 1070. The summed E-state index contributed by atoms with van der Waals surface area (Å²) in [6.45, 7) is 6.66. The molecule has 0 aliphatic heterocycles. The van der Waals surface area contributed by atoms with Crippen LogP contribution >= 0.6 is 0 Å². The lowest BCUT2D eigenvalue weighted by Crippen LogP contribution is -2.35. The maximum Gasteiger partial charge on any atom is 0.319 e. The number of fused-ring (bicyclic) bond motifs is 1. The molecule has 1 saturated carbocycles. The maximum atomic E-state index is 12.1. The third-order valence-corrected chi connectivity index (χ3v) is 6.17. The highest BCUT2D eigenvalue weighted by molar-refractivity contribution is 6.02. The van der Waals surface area contributed by atoms with E-state index in [-0.39, 0.29) is 12.1 Å². The molecule has 2 aromatic carbocycles. The van der Waals surface area contributed by atoms with Crippen LogP contribution in [0.1, 0.15) is 52.5 Å². The summed E-state index contributed by atoms with van der Waals surface area (Å²) < 4.78 is 8.13. The van der Waals surface area contributed by atoms with Crippen molar-refractivity contribution in [2.75, 3.05) is 17.7 Å². The number of hydrogen-bond acceptors (Lipinski definition) is 3. The number of nitrogens with one attached hydrogen (secondary N) is 2. The van der Waals surface area contributed by atoms with E-state index < -0.39 is 0 Å². The molecule has 0 saturated heterocycles. The first-order chi connectivity index (χ1) is 15.0. The first-order valence-corrected chi connectivity index (χ1v) is 11.3. The van der Waals surface area contributed by atoms with Crippen LogP contribution in [0.2, 0.25) is 0 Å². The number of rotatable bonds is 7. The van der Waals surface area contributed by atoms with Crippen LogP contribution in [-0.2, 0) is 0 Å².